The number of ether oxygens (including phenoxy) is 1. The third kappa shape index (κ3) is 3.36. The molecule has 27 heavy (non-hydrogen) atoms. The quantitative estimate of drug-likeness (QED) is 0.628. The molecule has 0 aliphatic carbocycles. The zero-order valence-electron chi connectivity index (χ0n) is 16.2. The van der Waals surface area contributed by atoms with Crippen molar-refractivity contribution in [3.8, 4) is 0 Å². The molecule has 3 heterocycles. The second-order valence-electron chi connectivity index (χ2n) is 7.79. The van der Waals surface area contributed by atoms with Gasteiger partial charge in [-0.2, -0.15) is 11.8 Å². The van der Waals surface area contributed by atoms with Crippen LogP contribution in [0.5, 0.6) is 0 Å². The van der Waals surface area contributed by atoms with E-state index in [1.165, 1.54) is 5.56 Å². The fraction of sp³-hybridized carbons (Fsp3) is 0.450. The summed E-state index contributed by atoms with van der Waals surface area (Å²) >= 11 is 1.96. The van der Waals surface area contributed by atoms with Gasteiger partial charge in [-0.25, -0.2) is 14.8 Å². The summed E-state index contributed by atoms with van der Waals surface area (Å²) < 4.78 is 7.43. The fourth-order valence-electron chi connectivity index (χ4n) is 3.40. The number of fused-ring (bicyclic) bond motifs is 3. The van der Waals surface area contributed by atoms with Gasteiger partial charge in [0.1, 0.15) is 17.7 Å². The van der Waals surface area contributed by atoms with Crippen molar-refractivity contribution in [2.45, 2.75) is 33.3 Å². The number of thioether (sulfide) groups is 1. The molecule has 4 rings (SSSR count). The van der Waals surface area contributed by atoms with Crippen LogP contribution in [0.25, 0.3) is 16.6 Å². The average molecular weight is 385 g/mol. The van der Waals surface area contributed by atoms with Crippen molar-refractivity contribution in [2.75, 3.05) is 29.5 Å². The van der Waals surface area contributed by atoms with Gasteiger partial charge in [0.2, 0.25) is 0 Å². The van der Waals surface area contributed by atoms with Crippen molar-refractivity contribution in [1.82, 2.24) is 14.4 Å². The second-order valence-corrected chi connectivity index (χ2v) is 9.02. The summed E-state index contributed by atoms with van der Waals surface area (Å²) in [5, 5.41) is 1.12. The van der Waals surface area contributed by atoms with E-state index in [0.29, 0.717) is 5.65 Å². The number of aromatic nitrogens is 3. The molecular formula is C20H24N4O2S. The predicted octanol–water partition coefficient (Wildman–Crippen LogP) is 3.70. The van der Waals surface area contributed by atoms with Gasteiger partial charge in [0, 0.05) is 30.0 Å². The largest absolute Gasteiger partial charge is 0.455 e. The van der Waals surface area contributed by atoms with Crippen LogP contribution < -0.4 is 4.90 Å². The Balaban J connectivity index is 1.94. The van der Waals surface area contributed by atoms with E-state index in [0.717, 1.165) is 41.3 Å². The number of aryl methyl sites for hydroxylation is 1. The van der Waals surface area contributed by atoms with Gasteiger partial charge in [-0.1, -0.05) is 12.1 Å². The SMILES string of the molecule is Cc1cccc2c1c(N1CCSCC1)nc1c(C(=O)OC(C)(C)C)ncn12. The Hall–Kier alpha value is -2.28. The number of hydrogen-bond acceptors (Lipinski definition) is 6. The van der Waals surface area contributed by atoms with Crippen LogP contribution in [0.2, 0.25) is 0 Å². The highest BCUT2D eigenvalue weighted by Gasteiger charge is 2.25. The number of esters is 1. The second kappa shape index (κ2) is 6.71. The van der Waals surface area contributed by atoms with Crippen LogP contribution in [-0.4, -0.2) is 50.5 Å². The summed E-state index contributed by atoms with van der Waals surface area (Å²) in [4.78, 5) is 24.3. The normalized spacial score (nSPS) is 15.5. The molecule has 0 N–H and O–H groups in total. The van der Waals surface area contributed by atoms with Crippen molar-refractivity contribution in [2.24, 2.45) is 0 Å². The number of benzene rings is 1. The number of imidazole rings is 1. The monoisotopic (exact) mass is 384 g/mol. The third-order valence-corrected chi connectivity index (χ3v) is 5.53. The van der Waals surface area contributed by atoms with Gasteiger partial charge in [0.25, 0.3) is 0 Å². The number of carbonyl (C=O) groups is 1. The van der Waals surface area contributed by atoms with E-state index in [4.69, 9.17) is 9.72 Å². The van der Waals surface area contributed by atoms with Gasteiger partial charge < -0.3 is 9.64 Å². The molecule has 0 unspecified atom stereocenters. The molecule has 0 radical (unpaired) electrons. The van der Waals surface area contributed by atoms with Crippen molar-refractivity contribution in [3.63, 3.8) is 0 Å². The molecule has 1 fully saturated rings. The van der Waals surface area contributed by atoms with Crippen molar-refractivity contribution in [1.29, 1.82) is 0 Å². The Bertz CT molecular complexity index is 1020. The Morgan fingerprint density at radius 3 is 2.67 bits per heavy atom. The Morgan fingerprint density at radius 2 is 1.96 bits per heavy atom. The summed E-state index contributed by atoms with van der Waals surface area (Å²) in [6, 6.07) is 6.18. The molecule has 1 aliphatic rings. The van der Waals surface area contributed by atoms with Gasteiger partial charge in [-0.05, 0) is 39.3 Å². The molecule has 0 saturated carbocycles. The summed E-state index contributed by atoms with van der Waals surface area (Å²) in [6.45, 7) is 9.56. The van der Waals surface area contributed by atoms with Crippen LogP contribution in [0.4, 0.5) is 5.82 Å². The van der Waals surface area contributed by atoms with E-state index in [1.54, 1.807) is 6.33 Å². The summed E-state index contributed by atoms with van der Waals surface area (Å²) in [5.74, 6) is 2.66. The van der Waals surface area contributed by atoms with Crippen LogP contribution in [0.3, 0.4) is 0 Å². The van der Waals surface area contributed by atoms with Crippen molar-refractivity contribution < 1.29 is 9.53 Å². The van der Waals surface area contributed by atoms with E-state index >= 15 is 0 Å². The van der Waals surface area contributed by atoms with E-state index in [1.807, 2.05) is 43.0 Å². The van der Waals surface area contributed by atoms with Crippen LogP contribution in [-0.2, 0) is 4.74 Å². The highest BCUT2D eigenvalue weighted by molar-refractivity contribution is 7.99. The first-order chi connectivity index (χ1) is 12.8. The maximum atomic E-state index is 12.7. The topological polar surface area (TPSA) is 59.7 Å². The lowest BCUT2D eigenvalue weighted by atomic mass is 10.1. The first-order valence-electron chi connectivity index (χ1n) is 9.17. The first kappa shape index (κ1) is 18.1. The smallest absolute Gasteiger partial charge is 0.361 e. The minimum absolute atomic E-state index is 0.265. The molecule has 1 aliphatic heterocycles. The zero-order chi connectivity index (χ0) is 19.2. The molecule has 6 nitrogen and oxygen atoms in total. The number of rotatable bonds is 2. The molecule has 0 amide bonds. The lowest BCUT2D eigenvalue weighted by molar-refractivity contribution is 0.00656. The number of nitrogens with zero attached hydrogens (tertiary/aromatic N) is 4. The molecule has 0 atom stereocenters. The van der Waals surface area contributed by atoms with E-state index in [2.05, 4.69) is 28.9 Å². The van der Waals surface area contributed by atoms with E-state index in [9.17, 15) is 4.79 Å². The van der Waals surface area contributed by atoms with Gasteiger partial charge in [-0.3, -0.25) is 4.40 Å². The molecule has 142 valence electrons. The minimum atomic E-state index is -0.576. The molecule has 0 spiro atoms. The first-order valence-corrected chi connectivity index (χ1v) is 10.3. The Labute approximate surface area is 162 Å². The number of hydrogen-bond donors (Lipinski definition) is 0. The Kier molecular flexibility index (Phi) is 4.50. The van der Waals surface area contributed by atoms with E-state index in [-0.39, 0.29) is 5.69 Å². The molecule has 3 aromatic rings. The van der Waals surface area contributed by atoms with Crippen LogP contribution >= 0.6 is 11.8 Å². The predicted molar refractivity (Wildman–Crippen MR) is 110 cm³/mol. The van der Waals surface area contributed by atoms with E-state index < -0.39 is 11.6 Å². The highest BCUT2D eigenvalue weighted by Crippen LogP contribution is 2.31. The summed E-state index contributed by atoms with van der Waals surface area (Å²) in [7, 11) is 0. The maximum absolute atomic E-state index is 12.7. The van der Waals surface area contributed by atoms with Gasteiger partial charge >= 0.3 is 5.97 Å². The molecule has 7 heteroatoms. The maximum Gasteiger partial charge on any atom is 0.361 e. The average Bonchev–Trinajstić information content (AvgIpc) is 3.05. The minimum Gasteiger partial charge on any atom is -0.455 e. The number of carbonyl (C=O) groups excluding carboxylic acids is 1. The standard InChI is InChI=1S/C20H24N4O2S/c1-13-6-5-7-14-15(13)17(23-8-10-27-11-9-23)22-18-16(21-12-24(14)18)19(25)26-20(2,3)4/h5-7,12H,8-11H2,1-4H3. The molecule has 1 saturated heterocycles. The highest BCUT2D eigenvalue weighted by atomic mass is 32.2. The van der Waals surface area contributed by atoms with Crippen LogP contribution in [0.1, 0.15) is 36.8 Å². The lowest BCUT2D eigenvalue weighted by Crippen LogP contribution is -2.33. The lowest BCUT2D eigenvalue weighted by Gasteiger charge is -2.29. The summed E-state index contributed by atoms with van der Waals surface area (Å²) in [6.07, 6.45) is 1.67. The van der Waals surface area contributed by atoms with Crippen molar-refractivity contribution in [3.05, 3.63) is 35.8 Å². The van der Waals surface area contributed by atoms with Crippen LogP contribution in [0, 0.1) is 6.92 Å². The molecular weight excluding hydrogens is 360 g/mol. The van der Waals surface area contributed by atoms with Gasteiger partial charge in [0.05, 0.1) is 5.52 Å². The zero-order valence-corrected chi connectivity index (χ0v) is 17.0. The van der Waals surface area contributed by atoms with Crippen molar-refractivity contribution >= 4 is 40.1 Å². The molecule has 0 bridgehead atoms. The fourth-order valence-corrected chi connectivity index (χ4v) is 4.30. The van der Waals surface area contributed by atoms with Crippen LogP contribution in [0.15, 0.2) is 24.5 Å². The number of anilines is 1. The molecule has 2 aromatic heterocycles. The van der Waals surface area contributed by atoms with Gasteiger partial charge in [-0.15, -0.1) is 0 Å². The van der Waals surface area contributed by atoms with Gasteiger partial charge in [0.15, 0.2) is 11.3 Å². The molecule has 1 aromatic carbocycles. The Morgan fingerprint density at radius 1 is 1.22 bits per heavy atom. The summed E-state index contributed by atoms with van der Waals surface area (Å²) in [5.41, 5.74) is 2.42. The third-order valence-electron chi connectivity index (χ3n) is 4.59.